The Balaban J connectivity index is 2.21. The molecule has 0 saturated heterocycles. The van der Waals surface area contributed by atoms with Crippen molar-refractivity contribution in [3.63, 3.8) is 0 Å². The molecule has 0 spiro atoms. The van der Waals surface area contributed by atoms with Crippen molar-refractivity contribution in [3.05, 3.63) is 12.2 Å². The van der Waals surface area contributed by atoms with Crippen LogP contribution in [0.5, 0.6) is 0 Å². The van der Waals surface area contributed by atoms with Crippen molar-refractivity contribution in [1.82, 2.24) is 0 Å². The molecule has 0 aromatic rings. The molecule has 1 aliphatic rings. The highest BCUT2D eigenvalue weighted by Crippen LogP contribution is 2.33. The van der Waals surface area contributed by atoms with Gasteiger partial charge in [0.05, 0.1) is 17.9 Å². The summed E-state index contributed by atoms with van der Waals surface area (Å²) in [6, 6.07) is 0. The molecular formula is C17H28O4. The van der Waals surface area contributed by atoms with Crippen molar-refractivity contribution in [1.29, 1.82) is 0 Å². The topological polar surface area (TPSA) is 63.6 Å². The summed E-state index contributed by atoms with van der Waals surface area (Å²) < 4.78 is 5.28. The van der Waals surface area contributed by atoms with E-state index in [1.165, 1.54) is 25.7 Å². The van der Waals surface area contributed by atoms with E-state index in [2.05, 4.69) is 6.92 Å². The van der Waals surface area contributed by atoms with Crippen molar-refractivity contribution >= 4 is 11.9 Å². The van der Waals surface area contributed by atoms with Crippen LogP contribution in [0.25, 0.3) is 0 Å². The number of aliphatic carboxylic acids is 1. The first-order valence-electron chi connectivity index (χ1n) is 8.09. The second kappa shape index (κ2) is 8.85. The highest BCUT2D eigenvalue weighted by atomic mass is 16.5. The number of rotatable bonds is 9. The lowest BCUT2D eigenvalue weighted by atomic mass is 9.77. The third kappa shape index (κ3) is 5.90. The Labute approximate surface area is 127 Å². The first-order valence-corrected chi connectivity index (χ1v) is 8.09. The van der Waals surface area contributed by atoms with Crippen LogP contribution in [-0.4, -0.2) is 23.7 Å². The first kappa shape index (κ1) is 17.7. The largest absolute Gasteiger partial charge is 0.481 e. The summed E-state index contributed by atoms with van der Waals surface area (Å²) in [5.41, 5.74) is -0.837. The van der Waals surface area contributed by atoms with Gasteiger partial charge in [0.25, 0.3) is 0 Å². The van der Waals surface area contributed by atoms with Crippen LogP contribution in [-0.2, 0) is 14.3 Å². The van der Waals surface area contributed by atoms with Crippen LogP contribution in [0.4, 0.5) is 0 Å². The lowest BCUT2D eigenvalue weighted by Crippen LogP contribution is -2.31. The molecule has 4 heteroatoms. The van der Waals surface area contributed by atoms with Crippen molar-refractivity contribution < 1.29 is 19.4 Å². The number of carboxylic acid groups (broad SMARTS) is 1. The lowest BCUT2D eigenvalue weighted by Gasteiger charge is -2.27. The Kier molecular flexibility index (Phi) is 7.48. The quantitative estimate of drug-likeness (QED) is 0.397. The molecule has 2 unspecified atom stereocenters. The third-order valence-electron chi connectivity index (χ3n) is 4.20. The van der Waals surface area contributed by atoms with Crippen molar-refractivity contribution in [2.45, 2.75) is 65.2 Å². The number of ether oxygens (including phenoxy) is 1. The van der Waals surface area contributed by atoms with Crippen LogP contribution in [0.3, 0.4) is 0 Å². The summed E-state index contributed by atoms with van der Waals surface area (Å²) in [5, 5.41) is 9.12. The van der Waals surface area contributed by atoms with Gasteiger partial charge in [0.1, 0.15) is 0 Å². The van der Waals surface area contributed by atoms with Gasteiger partial charge in [-0.1, -0.05) is 51.2 Å². The maximum absolute atomic E-state index is 11.9. The molecule has 0 heterocycles. The van der Waals surface area contributed by atoms with E-state index >= 15 is 0 Å². The highest BCUT2D eigenvalue weighted by molar-refractivity contribution is 5.79. The molecule has 0 radical (unpaired) electrons. The van der Waals surface area contributed by atoms with E-state index in [1.807, 2.05) is 0 Å². The van der Waals surface area contributed by atoms with Gasteiger partial charge in [-0.2, -0.15) is 0 Å². The van der Waals surface area contributed by atoms with E-state index in [0.29, 0.717) is 19.4 Å². The van der Waals surface area contributed by atoms with E-state index in [-0.39, 0.29) is 11.9 Å². The Morgan fingerprint density at radius 1 is 1.24 bits per heavy atom. The van der Waals surface area contributed by atoms with Gasteiger partial charge in [0.15, 0.2) is 0 Å². The first-order chi connectivity index (χ1) is 9.99. The van der Waals surface area contributed by atoms with Crippen LogP contribution >= 0.6 is 0 Å². The Morgan fingerprint density at radius 3 is 2.48 bits per heavy atom. The Morgan fingerprint density at radius 2 is 1.90 bits per heavy atom. The minimum atomic E-state index is -0.837. The van der Waals surface area contributed by atoms with Gasteiger partial charge in [-0.25, -0.2) is 0 Å². The van der Waals surface area contributed by atoms with Crippen LogP contribution in [0, 0.1) is 11.3 Å². The number of unbranched alkanes of at least 4 members (excludes halogenated alkanes) is 5. The van der Waals surface area contributed by atoms with Gasteiger partial charge in [0.2, 0.25) is 0 Å². The van der Waals surface area contributed by atoms with E-state index < -0.39 is 11.4 Å². The van der Waals surface area contributed by atoms with Gasteiger partial charge in [-0.05, 0) is 26.2 Å². The van der Waals surface area contributed by atoms with Crippen molar-refractivity contribution in [2.75, 3.05) is 6.61 Å². The summed E-state index contributed by atoms with van der Waals surface area (Å²) in [4.78, 5) is 23.0. The molecule has 1 aliphatic carbocycles. The number of carbonyl (C=O) groups is 2. The fourth-order valence-corrected chi connectivity index (χ4v) is 2.50. The molecule has 0 amide bonds. The summed E-state index contributed by atoms with van der Waals surface area (Å²) in [5.74, 6) is -1.33. The molecule has 0 bridgehead atoms. The Hall–Kier alpha value is -1.32. The monoisotopic (exact) mass is 296 g/mol. The molecule has 0 fully saturated rings. The van der Waals surface area contributed by atoms with E-state index in [0.717, 1.165) is 12.8 Å². The molecule has 1 N–H and O–H groups in total. The maximum Gasteiger partial charge on any atom is 0.313 e. The molecule has 0 aromatic carbocycles. The zero-order chi connectivity index (χ0) is 15.7. The molecule has 4 nitrogen and oxygen atoms in total. The summed E-state index contributed by atoms with van der Waals surface area (Å²) in [7, 11) is 0. The zero-order valence-corrected chi connectivity index (χ0v) is 13.3. The normalized spacial score (nSPS) is 24.8. The number of hydrogen-bond donors (Lipinski definition) is 1. The molecule has 0 saturated carbocycles. The number of carboxylic acids is 1. The molecule has 0 aromatic heterocycles. The van der Waals surface area contributed by atoms with Crippen LogP contribution in [0.1, 0.15) is 65.2 Å². The average molecular weight is 296 g/mol. The second-order valence-corrected chi connectivity index (χ2v) is 6.16. The van der Waals surface area contributed by atoms with Gasteiger partial charge in [-0.15, -0.1) is 0 Å². The molecule has 2 atom stereocenters. The molecule has 21 heavy (non-hydrogen) atoms. The summed E-state index contributed by atoms with van der Waals surface area (Å²) in [6.45, 7) is 4.35. The second-order valence-electron chi connectivity index (χ2n) is 6.16. The van der Waals surface area contributed by atoms with Gasteiger partial charge < -0.3 is 9.84 Å². The van der Waals surface area contributed by atoms with E-state index in [9.17, 15) is 9.59 Å². The molecule has 1 rings (SSSR count). The molecular weight excluding hydrogens is 268 g/mol. The minimum Gasteiger partial charge on any atom is -0.481 e. The third-order valence-corrected chi connectivity index (χ3v) is 4.20. The molecule has 120 valence electrons. The smallest absolute Gasteiger partial charge is 0.313 e. The van der Waals surface area contributed by atoms with Crippen molar-refractivity contribution in [2.24, 2.45) is 11.3 Å². The van der Waals surface area contributed by atoms with Crippen LogP contribution in [0.2, 0.25) is 0 Å². The van der Waals surface area contributed by atoms with Gasteiger partial charge in [-0.3, -0.25) is 9.59 Å². The van der Waals surface area contributed by atoms with E-state index in [1.54, 1.807) is 19.1 Å². The Bertz CT molecular complexity index is 375. The number of esters is 1. The summed E-state index contributed by atoms with van der Waals surface area (Å²) >= 11 is 0. The van der Waals surface area contributed by atoms with Gasteiger partial charge >= 0.3 is 11.9 Å². The van der Waals surface area contributed by atoms with Crippen molar-refractivity contribution in [3.8, 4) is 0 Å². The average Bonchev–Trinajstić information content (AvgIpc) is 2.46. The lowest BCUT2D eigenvalue weighted by molar-refractivity contribution is -0.150. The molecule has 0 aliphatic heterocycles. The number of hydrogen-bond acceptors (Lipinski definition) is 3. The maximum atomic E-state index is 11.9. The fraction of sp³-hybridized carbons (Fsp3) is 0.765. The predicted octanol–water partition coefficient (Wildman–Crippen LogP) is 3.95. The predicted molar refractivity (Wildman–Crippen MR) is 81.9 cm³/mol. The summed E-state index contributed by atoms with van der Waals surface area (Å²) in [6.07, 6.45) is 11.3. The zero-order valence-electron chi connectivity index (χ0n) is 13.3. The van der Waals surface area contributed by atoms with Gasteiger partial charge in [0, 0.05) is 0 Å². The minimum absolute atomic E-state index is 0.216. The number of carbonyl (C=O) groups excluding carboxylic acids is 1. The standard InChI is InChI=1S/C17H28O4/c1-3-4-5-6-7-8-13-21-15(18)14-9-11-17(2,12-10-14)16(19)20/h9,11,14H,3-8,10,12-13H2,1-2H3,(H,19,20). The highest BCUT2D eigenvalue weighted by Gasteiger charge is 2.35. The fourth-order valence-electron chi connectivity index (χ4n) is 2.50. The SMILES string of the molecule is CCCCCCCCOC(=O)C1C=CC(C)(C(=O)O)CC1. The van der Waals surface area contributed by atoms with E-state index in [4.69, 9.17) is 9.84 Å². The van der Waals surface area contributed by atoms with Crippen LogP contribution < -0.4 is 0 Å². The van der Waals surface area contributed by atoms with Crippen LogP contribution in [0.15, 0.2) is 12.2 Å².